The Hall–Kier alpha value is -4.63. The van der Waals surface area contributed by atoms with Crippen molar-refractivity contribution in [3.05, 3.63) is 145 Å². The van der Waals surface area contributed by atoms with E-state index < -0.39 is 6.85 Å². The van der Waals surface area contributed by atoms with Gasteiger partial charge in [-0.05, 0) is 64.1 Å². The number of rotatable bonds is 2. The summed E-state index contributed by atoms with van der Waals surface area (Å²) in [5.74, 6) is 0. The molecule has 3 heterocycles. The van der Waals surface area contributed by atoms with Gasteiger partial charge >= 0.3 is 0 Å². The van der Waals surface area contributed by atoms with Gasteiger partial charge in [0.25, 0.3) is 0 Å². The number of aromatic nitrogens is 2. The molecule has 41 heavy (non-hydrogen) atoms. The molecule has 3 aromatic heterocycles. The quantitative estimate of drug-likeness (QED) is 0.133. The van der Waals surface area contributed by atoms with Crippen molar-refractivity contribution in [1.82, 2.24) is 9.97 Å². The van der Waals surface area contributed by atoms with Gasteiger partial charge in [-0.1, -0.05) is 71.1 Å². The first kappa shape index (κ1) is 23.1. The number of hydrogen-bond acceptors (Lipinski definition) is 3. The summed E-state index contributed by atoms with van der Waals surface area (Å²) in [6.07, 6.45) is 3.31. The molecule has 0 aliphatic rings. The zero-order valence-corrected chi connectivity index (χ0v) is 24.2. The molecule has 199 valence electrons. The van der Waals surface area contributed by atoms with E-state index in [-0.39, 0.29) is 25.7 Å². The molecule has 0 aliphatic heterocycles. The van der Waals surface area contributed by atoms with Crippen molar-refractivity contribution in [3.63, 3.8) is 0 Å². The summed E-state index contributed by atoms with van der Waals surface area (Å²) in [7, 11) is 0. The molecule has 0 saturated carbocycles. The van der Waals surface area contributed by atoms with Gasteiger partial charge in [0.1, 0.15) is 5.58 Å². The molecule has 0 fully saturated rings. The fourth-order valence-electron chi connectivity index (χ4n) is 5.07. The minimum atomic E-state index is -2.20. The Labute approximate surface area is 256 Å². The molecule has 0 unspecified atom stereocenters. The zero-order chi connectivity index (χ0) is 29.4. The number of fused-ring (bicyclic) bond motifs is 6. The van der Waals surface area contributed by atoms with Crippen molar-refractivity contribution >= 4 is 43.5 Å². The van der Waals surface area contributed by atoms with Gasteiger partial charge in [-0.15, -0.1) is 54.1 Å². The third kappa shape index (κ3) is 5.16. The second-order valence-corrected chi connectivity index (χ2v) is 9.47. The summed E-state index contributed by atoms with van der Waals surface area (Å²) in [6, 6.07) is 43.8. The Morgan fingerprint density at radius 1 is 0.634 bits per heavy atom. The molecule has 0 saturated heterocycles. The predicted octanol–water partition coefficient (Wildman–Crippen LogP) is 9.61. The molecule has 0 aliphatic carbocycles. The number of hydrogen-bond donors (Lipinski definition) is 0. The summed E-state index contributed by atoms with van der Waals surface area (Å²) >= 11 is 0. The van der Waals surface area contributed by atoms with Gasteiger partial charge in [0, 0.05) is 42.0 Å². The normalized spacial score (nSPS) is 12.2. The Kier molecular flexibility index (Phi) is 6.46. The van der Waals surface area contributed by atoms with E-state index in [2.05, 4.69) is 58.5 Å². The third-order valence-corrected chi connectivity index (χ3v) is 6.96. The van der Waals surface area contributed by atoms with Crippen LogP contribution in [0, 0.1) is 19.0 Å². The van der Waals surface area contributed by atoms with Crippen LogP contribution < -0.4 is 0 Å². The van der Waals surface area contributed by atoms with Gasteiger partial charge in [-0.3, -0.25) is 0 Å². The summed E-state index contributed by atoms with van der Waals surface area (Å²) in [5, 5.41) is 6.62. The number of pyridine rings is 2. The van der Waals surface area contributed by atoms with E-state index in [0.717, 1.165) is 38.4 Å². The Bertz CT molecular complexity index is 2190. The van der Waals surface area contributed by atoms with Gasteiger partial charge in [-0.25, -0.2) is 0 Å². The SMILES string of the molecule is [2H]C([2H])([2H])c1ccnc(-c2[c-]ccc3c2oc2cc4c(ccc5ccccc54)cc23)c1.[Ir].[c-]1ccccc1-c1ccccn1. The molecule has 1 radical (unpaired) electrons. The van der Waals surface area contributed by atoms with Crippen LogP contribution in [0.2, 0.25) is 0 Å². The van der Waals surface area contributed by atoms with Crippen LogP contribution in [-0.2, 0) is 20.1 Å². The molecule has 8 aromatic rings. The van der Waals surface area contributed by atoms with E-state index in [1.165, 1.54) is 23.0 Å². The molecule has 0 N–H and O–H groups in total. The number of nitrogens with zero attached hydrogens (tertiary/aromatic N) is 2. The fraction of sp³-hybridized carbons (Fsp3) is 0.0270. The standard InChI is InChI=1S/C26H16NO.C11H8N.Ir/c1-16-11-12-27-24(13-16)21-8-4-7-20-23-14-18-10-9-17-5-2-3-6-19(17)22(18)15-25(23)28-26(20)21;1-2-6-10(7-3-1)11-8-4-5-9-12-11;/h2-7,9-15H,1H3;1-6,8-9H;/q2*-1;/i1D3;;. The van der Waals surface area contributed by atoms with E-state index in [4.69, 9.17) is 8.53 Å². The van der Waals surface area contributed by atoms with Crippen molar-refractivity contribution in [3.8, 4) is 22.5 Å². The van der Waals surface area contributed by atoms with Crippen LogP contribution in [0.25, 0.3) is 66.0 Å². The molecule has 0 spiro atoms. The van der Waals surface area contributed by atoms with Crippen LogP contribution in [0.5, 0.6) is 0 Å². The van der Waals surface area contributed by atoms with Gasteiger partial charge < -0.3 is 14.4 Å². The second kappa shape index (κ2) is 11.5. The third-order valence-electron chi connectivity index (χ3n) is 6.96. The predicted molar refractivity (Wildman–Crippen MR) is 164 cm³/mol. The number of aryl methyl sites for hydroxylation is 1. The minimum Gasteiger partial charge on any atom is -0.501 e. The number of furan rings is 1. The molecule has 8 rings (SSSR count). The van der Waals surface area contributed by atoms with Gasteiger partial charge in [0.15, 0.2) is 0 Å². The fourth-order valence-corrected chi connectivity index (χ4v) is 5.07. The molecule has 0 atom stereocenters. The minimum absolute atomic E-state index is 0. The van der Waals surface area contributed by atoms with Crippen LogP contribution in [0.1, 0.15) is 9.68 Å². The molecule has 0 bridgehead atoms. The van der Waals surface area contributed by atoms with E-state index in [1.54, 1.807) is 12.3 Å². The van der Waals surface area contributed by atoms with Crippen LogP contribution in [-0.4, -0.2) is 9.97 Å². The summed E-state index contributed by atoms with van der Waals surface area (Å²) < 4.78 is 29.4. The second-order valence-electron chi connectivity index (χ2n) is 9.47. The number of benzene rings is 5. The molecule has 4 heteroatoms. The Morgan fingerprint density at radius 2 is 1.49 bits per heavy atom. The van der Waals surface area contributed by atoms with Gasteiger partial charge in [0.05, 0.1) is 5.58 Å². The topological polar surface area (TPSA) is 38.9 Å². The van der Waals surface area contributed by atoms with Gasteiger partial charge in [-0.2, -0.15) is 0 Å². The van der Waals surface area contributed by atoms with E-state index >= 15 is 0 Å². The molecular weight excluding hydrogens is 681 g/mol. The first-order valence-electron chi connectivity index (χ1n) is 14.5. The van der Waals surface area contributed by atoms with Crippen molar-refractivity contribution in [2.75, 3.05) is 0 Å². The first-order valence-corrected chi connectivity index (χ1v) is 13.0. The monoisotopic (exact) mass is 708 g/mol. The largest absolute Gasteiger partial charge is 0.501 e. The van der Waals surface area contributed by atoms with Crippen molar-refractivity contribution in [1.29, 1.82) is 0 Å². The average molecular weight is 708 g/mol. The zero-order valence-electron chi connectivity index (χ0n) is 24.8. The van der Waals surface area contributed by atoms with E-state index in [9.17, 15) is 0 Å². The molecule has 0 amide bonds. The van der Waals surface area contributed by atoms with Crippen LogP contribution in [0.15, 0.2) is 132 Å². The maximum atomic E-state index is 7.70. The molecule has 3 nitrogen and oxygen atoms in total. The van der Waals surface area contributed by atoms with Crippen LogP contribution in [0.3, 0.4) is 0 Å². The van der Waals surface area contributed by atoms with E-state index in [1.807, 2.05) is 66.7 Å². The Morgan fingerprint density at radius 3 is 2.34 bits per heavy atom. The molecule has 5 aromatic carbocycles. The first-order chi connectivity index (χ1) is 21.0. The van der Waals surface area contributed by atoms with Gasteiger partial charge in [0.2, 0.25) is 0 Å². The van der Waals surface area contributed by atoms with Crippen molar-refractivity contribution in [2.24, 2.45) is 0 Å². The van der Waals surface area contributed by atoms with E-state index in [0.29, 0.717) is 16.8 Å². The smallest absolute Gasteiger partial charge is 0.121 e. The van der Waals surface area contributed by atoms with Crippen molar-refractivity contribution < 1.29 is 28.6 Å². The Balaban J connectivity index is 0.000000222. The van der Waals surface area contributed by atoms with Crippen LogP contribution in [0.4, 0.5) is 0 Å². The summed E-state index contributed by atoms with van der Waals surface area (Å²) in [6.45, 7) is -2.20. The van der Waals surface area contributed by atoms with Crippen LogP contribution >= 0.6 is 0 Å². The summed E-state index contributed by atoms with van der Waals surface area (Å²) in [4.78, 5) is 8.62. The molecular formula is C37H24IrN2O-2. The van der Waals surface area contributed by atoms with Crippen molar-refractivity contribution in [2.45, 2.75) is 6.85 Å². The summed E-state index contributed by atoms with van der Waals surface area (Å²) in [5.41, 5.74) is 4.90. The average Bonchev–Trinajstić information content (AvgIpc) is 3.42. The maximum Gasteiger partial charge on any atom is 0.121 e. The maximum absolute atomic E-state index is 7.70.